The molecule has 0 saturated carbocycles. The number of halogens is 1. The van der Waals surface area contributed by atoms with Crippen LogP contribution in [0.25, 0.3) is 10.2 Å². The molecule has 3 heteroatoms. The Kier molecular flexibility index (Phi) is 3.54. The average Bonchev–Trinajstić information content (AvgIpc) is 2.81. The third-order valence-electron chi connectivity index (χ3n) is 3.13. The van der Waals surface area contributed by atoms with Crippen LogP contribution in [0.15, 0.2) is 48.5 Å². The van der Waals surface area contributed by atoms with Gasteiger partial charge in [-0.1, -0.05) is 42.0 Å². The van der Waals surface area contributed by atoms with E-state index >= 15 is 0 Å². The highest BCUT2D eigenvalue weighted by molar-refractivity contribution is 7.18. The van der Waals surface area contributed by atoms with Crippen molar-refractivity contribution in [2.24, 2.45) is 0 Å². The smallest absolute Gasteiger partial charge is 0.0956 e. The number of alkyl halides is 1. The maximum atomic E-state index is 6.49. The molecule has 0 aliphatic rings. The van der Waals surface area contributed by atoms with Crippen LogP contribution in [-0.2, 0) is 6.42 Å². The Labute approximate surface area is 121 Å². The largest absolute Gasteiger partial charge is 0.241 e. The van der Waals surface area contributed by atoms with Crippen LogP contribution in [0.3, 0.4) is 0 Å². The van der Waals surface area contributed by atoms with Crippen molar-refractivity contribution in [3.8, 4) is 0 Å². The van der Waals surface area contributed by atoms with Gasteiger partial charge < -0.3 is 0 Å². The van der Waals surface area contributed by atoms with Gasteiger partial charge in [0.1, 0.15) is 0 Å². The van der Waals surface area contributed by atoms with Gasteiger partial charge in [0.25, 0.3) is 0 Å². The maximum absolute atomic E-state index is 6.49. The van der Waals surface area contributed by atoms with Gasteiger partial charge in [0.15, 0.2) is 0 Å². The molecule has 96 valence electrons. The number of hydrogen-bond donors (Lipinski definition) is 0. The van der Waals surface area contributed by atoms with Crippen molar-refractivity contribution in [1.29, 1.82) is 0 Å². The first-order valence-electron chi connectivity index (χ1n) is 6.27. The van der Waals surface area contributed by atoms with Crippen molar-refractivity contribution in [3.05, 3.63) is 64.7 Å². The Bertz CT molecular complexity index is 654. The lowest BCUT2D eigenvalue weighted by molar-refractivity contribution is 0.910. The summed E-state index contributed by atoms with van der Waals surface area (Å²) >= 11 is 8.22. The van der Waals surface area contributed by atoms with Gasteiger partial charge in [-0.3, -0.25) is 0 Å². The van der Waals surface area contributed by atoms with Crippen molar-refractivity contribution >= 4 is 33.2 Å². The summed E-state index contributed by atoms with van der Waals surface area (Å²) in [6.45, 7) is 2.08. The third kappa shape index (κ3) is 2.80. The van der Waals surface area contributed by atoms with E-state index in [0.717, 1.165) is 22.5 Å². The van der Waals surface area contributed by atoms with Crippen LogP contribution in [0.2, 0.25) is 0 Å². The minimum absolute atomic E-state index is 0.0128. The molecule has 0 aliphatic heterocycles. The van der Waals surface area contributed by atoms with Gasteiger partial charge in [-0.05, 0) is 24.6 Å². The molecular weight excluding hydrogens is 274 g/mol. The number of fused-ring (bicyclic) bond motifs is 1. The molecule has 2 aromatic carbocycles. The summed E-state index contributed by atoms with van der Waals surface area (Å²) in [5.41, 5.74) is 3.48. The second kappa shape index (κ2) is 5.32. The van der Waals surface area contributed by atoms with E-state index in [2.05, 4.69) is 42.2 Å². The highest BCUT2D eigenvalue weighted by atomic mass is 35.5. The Morgan fingerprint density at radius 2 is 1.84 bits per heavy atom. The molecule has 0 radical (unpaired) electrons. The fourth-order valence-electron chi connectivity index (χ4n) is 2.05. The van der Waals surface area contributed by atoms with Crippen LogP contribution in [-0.4, -0.2) is 4.98 Å². The zero-order valence-electron chi connectivity index (χ0n) is 10.6. The summed E-state index contributed by atoms with van der Waals surface area (Å²) in [4.78, 5) is 4.63. The first kappa shape index (κ1) is 12.6. The van der Waals surface area contributed by atoms with Gasteiger partial charge in [-0.25, -0.2) is 4.98 Å². The van der Waals surface area contributed by atoms with Crippen LogP contribution in [0.4, 0.5) is 0 Å². The quantitative estimate of drug-likeness (QED) is 0.609. The number of hydrogen-bond acceptors (Lipinski definition) is 2. The van der Waals surface area contributed by atoms with E-state index < -0.39 is 0 Å². The van der Waals surface area contributed by atoms with Crippen LogP contribution < -0.4 is 0 Å². The molecule has 1 heterocycles. The first-order valence-corrected chi connectivity index (χ1v) is 7.53. The van der Waals surface area contributed by atoms with Crippen LogP contribution in [0, 0.1) is 6.92 Å². The molecule has 19 heavy (non-hydrogen) atoms. The second-order valence-corrected chi connectivity index (χ2v) is 6.30. The zero-order valence-corrected chi connectivity index (χ0v) is 12.2. The van der Waals surface area contributed by atoms with Crippen molar-refractivity contribution in [2.75, 3.05) is 0 Å². The monoisotopic (exact) mass is 287 g/mol. The Balaban J connectivity index is 1.82. The molecule has 0 N–H and O–H groups in total. The molecule has 0 fully saturated rings. The maximum Gasteiger partial charge on any atom is 0.0956 e. The van der Waals surface area contributed by atoms with E-state index in [4.69, 9.17) is 11.6 Å². The molecule has 0 amide bonds. The summed E-state index contributed by atoms with van der Waals surface area (Å²) in [6, 6.07) is 16.6. The summed E-state index contributed by atoms with van der Waals surface area (Å²) in [5.74, 6) is 0. The average molecular weight is 288 g/mol. The summed E-state index contributed by atoms with van der Waals surface area (Å²) in [7, 11) is 0. The highest BCUT2D eigenvalue weighted by Gasteiger charge is 2.12. The Morgan fingerprint density at radius 3 is 2.58 bits per heavy atom. The number of aromatic nitrogens is 1. The summed E-state index contributed by atoms with van der Waals surface area (Å²) in [6.07, 6.45) is 0.782. The van der Waals surface area contributed by atoms with E-state index in [1.807, 2.05) is 18.2 Å². The molecule has 3 rings (SSSR count). The molecule has 1 nitrogen and oxygen atoms in total. The highest BCUT2D eigenvalue weighted by Crippen LogP contribution is 2.29. The molecule has 0 bridgehead atoms. The number of rotatable bonds is 3. The SMILES string of the molecule is Cc1ccc(C(Cl)Cc2nc3ccccc3s2)cc1. The fraction of sp³-hybridized carbons (Fsp3) is 0.188. The lowest BCUT2D eigenvalue weighted by atomic mass is 10.1. The molecule has 0 aliphatic carbocycles. The van der Waals surface area contributed by atoms with E-state index in [0.29, 0.717) is 0 Å². The molecular formula is C16H14ClNS. The van der Waals surface area contributed by atoms with Gasteiger partial charge in [-0.2, -0.15) is 0 Å². The molecule has 1 atom stereocenters. The van der Waals surface area contributed by atoms with E-state index in [9.17, 15) is 0 Å². The first-order chi connectivity index (χ1) is 9.22. The number of nitrogens with zero attached hydrogens (tertiary/aromatic N) is 1. The minimum atomic E-state index is -0.0128. The van der Waals surface area contributed by atoms with Crippen LogP contribution in [0.5, 0.6) is 0 Å². The van der Waals surface area contributed by atoms with Gasteiger partial charge in [-0.15, -0.1) is 22.9 Å². The van der Waals surface area contributed by atoms with E-state index in [1.54, 1.807) is 11.3 Å². The van der Waals surface area contributed by atoms with Crippen LogP contribution >= 0.6 is 22.9 Å². The topological polar surface area (TPSA) is 12.9 Å². The number of thiazole rings is 1. The Morgan fingerprint density at radius 1 is 1.11 bits per heavy atom. The predicted octanol–water partition coefficient (Wildman–Crippen LogP) is 5.13. The van der Waals surface area contributed by atoms with Gasteiger partial charge in [0.05, 0.1) is 20.6 Å². The van der Waals surface area contributed by atoms with Crippen molar-refractivity contribution in [3.63, 3.8) is 0 Å². The second-order valence-electron chi connectivity index (χ2n) is 4.66. The van der Waals surface area contributed by atoms with Gasteiger partial charge in [0, 0.05) is 6.42 Å². The fourth-order valence-corrected chi connectivity index (χ4v) is 3.45. The molecule has 0 spiro atoms. The summed E-state index contributed by atoms with van der Waals surface area (Å²) in [5, 5.41) is 1.09. The lowest BCUT2D eigenvalue weighted by Gasteiger charge is -2.07. The zero-order chi connectivity index (χ0) is 13.2. The number of benzene rings is 2. The van der Waals surface area contributed by atoms with Gasteiger partial charge in [0.2, 0.25) is 0 Å². The lowest BCUT2D eigenvalue weighted by Crippen LogP contribution is -1.95. The van der Waals surface area contributed by atoms with Crippen molar-refractivity contribution in [1.82, 2.24) is 4.98 Å². The molecule has 3 aromatic rings. The minimum Gasteiger partial charge on any atom is -0.241 e. The standard InChI is InChI=1S/C16H14ClNS/c1-11-6-8-12(9-7-11)13(17)10-16-18-14-4-2-3-5-15(14)19-16/h2-9,13H,10H2,1H3. The Hall–Kier alpha value is -1.38. The van der Waals surface area contributed by atoms with Crippen LogP contribution in [0.1, 0.15) is 21.5 Å². The third-order valence-corrected chi connectivity index (χ3v) is 4.60. The summed E-state index contributed by atoms with van der Waals surface area (Å²) < 4.78 is 1.23. The molecule has 0 saturated heterocycles. The number of para-hydroxylation sites is 1. The van der Waals surface area contributed by atoms with Crippen molar-refractivity contribution < 1.29 is 0 Å². The molecule has 1 aromatic heterocycles. The predicted molar refractivity (Wildman–Crippen MR) is 83.1 cm³/mol. The van der Waals surface area contributed by atoms with Crippen molar-refractivity contribution in [2.45, 2.75) is 18.7 Å². The van der Waals surface area contributed by atoms with Gasteiger partial charge >= 0.3 is 0 Å². The number of aryl methyl sites for hydroxylation is 1. The van der Waals surface area contributed by atoms with E-state index in [-0.39, 0.29) is 5.38 Å². The molecule has 1 unspecified atom stereocenters. The van der Waals surface area contributed by atoms with E-state index in [1.165, 1.54) is 10.3 Å². The normalized spacial score (nSPS) is 12.7.